The third kappa shape index (κ3) is 2.79. The van der Waals surface area contributed by atoms with Gasteiger partial charge < -0.3 is 14.2 Å². The minimum Gasteiger partial charge on any atom is -0.481 e. The first-order chi connectivity index (χ1) is 12.7. The molecule has 0 bridgehead atoms. The maximum absolute atomic E-state index is 12.8. The summed E-state index contributed by atoms with van der Waals surface area (Å²) in [6.07, 6.45) is 4.26. The van der Waals surface area contributed by atoms with Gasteiger partial charge in [-0.1, -0.05) is 0 Å². The fraction of sp³-hybridized carbons (Fsp3) is 0.368. The number of fused-ring (bicyclic) bond motifs is 1. The molecule has 1 amide bonds. The maximum atomic E-state index is 12.8. The second kappa shape index (κ2) is 6.74. The Bertz CT molecular complexity index is 935. The van der Waals surface area contributed by atoms with E-state index in [0.29, 0.717) is 18.0 Å². The molecule has 0 saturated carbocycles. The largest absolute Gasteiger partial charge is 0.481 e. The van der Waals surface area contributed by atoms with E-state index in [-0.39, 0.29) is 11.8 Å². The van der Waals surface area contributed by atoms with Crippen LogP contribution in [0.4, 0.5) is 0 Å². The van der Waals surface area contributed by atoms with E-state index in [1.807, 2.05) is 17.0 Å². The Morgan fingerprint density at radius 3 is 2.92 bits per heavy atom. The predicted molar refractivity (Wildman–Crippen MR) is 97.3 cm³/mol. The zero-order chi connectivity index (χ0) is 18.1. The standard InChI is InChI=1S/C19H21N5O2/c1-3-24-17(22-15-5-4-9-20-18(15)24)14-8-10-23(12-14)19(25)13-6-7-16(26-2)21-11-13/h4-7,9,11,14H,3,8,10,12H2,1-2H3/t14-/m0/s1. The smallest absolute Gasteiger partial charge is 0.255 e. The zero-order valence-corrected chi connectivity index (χ0v) is 14.9. The van der Waals surface area contributed by atoms with Crippen LogP contribution in [0.25, 0.3) is 11.2 Å². The third-order valence-electron chi connectivity index (χ3n) is 4.88. The lowest BCUT2D eigenvalue weighted by atomic mass is 10.1. The molecule has 3 aromatic rings. The summed E-state index contributed by atoms with van der Waals surface area (Å²) >= 11 is 0. The van der Waals surface area contributed by atoms with Crippen molar-refractivity contribution in [1.29, 1.82) is 0 Å². The summed E-state index contributed by atoms with van der Waals surface area (Å²) in [6, 6.07) is 7.36. The molecule has 1 atom stereocenters. The Balaban J connectivity index is 1.55. The van der Waals surface area contributed by atoms with Crippen molar-refractivity contribution in [3.05, 3.63) is 48.0 Å². The highest BCUT2D eigenvalue weighted by Crippen LogP contribution is 2.29. The van der Waals surface area contributed by atoms with Crippen LogP contribution in [-0.2, 0) is 6.54 Å². The Kier molecular flexibility index (Phi) is 4.28. The van der Waals surface area contributed by atoms with Crippen LogP contribution in [0.1, 0.15) is 35.4 Å². The van der Waals surface area contributed by atoms with Crippen LogP contribution in [0.5, 0.6) is 5.88 Å². The number of ether oxygens (including phenoxy) is 1. The Labute approximate surface area is 151 Å². The molecule has 26 heavy (non-hydrogen) atoms. The first-order valence-corrected chi connectivity index (χ1v) is 8.81. The second-order valence-electron chi connectivity index (χ2n) is 6.39. The van der Waals surface area contributed by atoms with Crippen LogP contribution in [0.2, 0.25) is 0 Å². The number of imidazole rings is 1. The minimum atomic E-state index is -0.0000577. The predicted octanol–water partition coefficient (Wildman–Crippen LogP) is 2.48. The van der Waals surface area contributed by atoms with Gasteiger partial charge in [0.1, 0.15) is 11.3 Å². The van der Waals surface area contributed by atoms with Crippen molar-refractivity contribution in [1.82, 2.24) is 24.4 Å². The molecule has 7 nitrogen and oxygen atoms in total. The number of aromatic nitrogens is 4. The van der Waals surface area contributed by atoms with E-state index in [2.05, 4.69) is 21.5 Å². The molecule has 3 aromatic heterocycles. The fourth-order valence-corrected chi connectivity index (χ4v) is 3.57. The van der Waals surface area contributed by atoms with E-state index < -0.39 is 0 Å². The van der Waals surface area contributed by atoms with Crippen LogP contribution in [0, 0.1) is 0 Å². The van der Waals surface area contributed by atoms with E-state index in [0.717, 1.165) is 36.5 Å². The fourth-order valence-electron chi connectivity index (χ4n) is 3.57. The van der Waals surface area contributed by atoms with E-state index >= 15 is 0 Å². The van der Waals surface area contributed by atoms with Gasteiger partial charge in [0, 0.05) is 44.0 Å². The molecular formula is C19H21N5O2. The molecule has 0 aliphatic carbocycles. The maximum Gasteiger partial charge on any atom is 0.255 e. The molecule has 4 rings (SSSR count). The molecule has 1 saturated heterocycles. The lowest BCUT2D eigenvalue weighted by molar-refractivity contribution is 0.0790. The van der Waals surface area contributed by atoms with Crippen molar-refractivity contribution in [3.8, 4) is 5.88 Å². The molecule has 7 heteroatoms. The molecule has 1 aliphatic rings. The number of hydrogen-bond acceptors (Lipinski definition) is 5. The van der Waals surface area contributed by atoms with Crippen LogP contribution in [0.3, 0.4) is 0 Å². The van der Waals surface area contributed by atoms with Gasteiger partial charge >= 0.3 is 0 Å². The van der Waals surface area contributed by atoms with Gasteiger partial charge in [-0.15, -0.1) is 0 Å². The average molecular weight is 351 g/mol. The summed E-state index contributed by atoms with van der Waals surface area (Å²) in [5.41, 5.74) is 2.40. The van der Waals surface area contributed by atoms with Crippen LogP contribution < -0.4 is 4.74 Å². The van der Waals surface area contributed by atoms with Gasteiger partial charge in [-0.25, -0.2) is 15.0 Å². The van der Waals surface area contributed by atoms with E-state index in [9.17, 15) is 4.79 Å². The third-order valence-corrected chi connectivity index (χ3v) is 4.88. The summed E-state index contributed by atoms with van der Waals surface area (Å²) in [4.78, 5) is 28.0. The van der Waals surface area contributed by atoms with Crippen LogP contribution in [-0.4, -0.2) is 50.5 Å². The Morgan fingerprint density at radius 2 is 2.19 bits per heavy atom. The van der Waals surface area contributed by atoms with Gasteiger partial charge in [0.2, 0.25) is 5.88 Å². The van der Waals surface area contributed by atoms with Crippen molar-refractivity contribution in [2.24, 2.45) is 0 Å². The molecular weight excluding hydrogens is 330 g/mol. The van der Waals surface area contributed by atoms with Gasteiger partial charge in [-0.3, -0.25) is 4.79 Å². The summed E-state index contributed by atoms with van der Waals surface area (Å²) in [7, 11) is 1.56. The monoisotopic (exact) mass is 351 g/mol. The number of carbonyl (C=O) groups is 1. The first-order valence-electron chi connectivity index (χ1n) is 8.81. The molecule has 0 spiro atoms. The number of pyridine rings is 2. The van der Waals surface area contributed by atoms with Crippen LogP contribution >= 0.6 is 0 Å². The minimum absolute atomic E-state index is 0.0000577. The number of rotatable bonds is 4. The van der Waals surface area contributed by atoms with Crippen molar-refractivity contribution in [3.63, 3.8) is 0 Å². The highest BCUT2D eigenvalue weighted by molar-refractivity contribution is 5.94. The molecule has 0 radical (unpaired) electrons. The Morgan fingerprint density at radius 1 is 1.31 bits per heavy atom. The average Bonchev–Trinajstić information content (AvgIpc) is 3.31. The topological polar surface area (TPSA) is 73.1 Å². The van der Waals surface area contributed by atoms with E-state index in [4.69, 9.17) is 9.72 Å². The van der Waals surface area contributed by atoms with E-state index in [1.165, 1.54) is 0 Å². The summed E-state index contributed by atoms with van der Waals surface area (Å²) < 4.78 is 7.21. The first kappa shape index (κ1) is 16.5. The van der Waals surface area contributed by atoms with Crippen LogP contribution in [0.15, 0.2) is 36.7 Å². The lowest BCUT2D eigenvalue weighted by Gasteiger charge is -2.17. The number of hydrogen-bond donors (Lipinski definition) is 0. The SMILES string of the molecule is CCn1c([C@H]2CCN(C(=O)c3ccc(OC)nc3)C2)nc2cccnc21. The number of nitrogens with zero attached hydrogens (tertiary/aromatic N) is 5. The number of aryl methyl sites for hydroxylation is 1. The normalized spacial score (nSPS) is 17.0. The molecule has 0 N–H and O–H groups in total. The molecule has 134 valence electrons. The van der Waals surface area contributed by atoms with Gasteiger partial charge in [0.15, 0.2) is 5.65 Å². The molecule has 1 fully saturated rings. The number of likely N-dealkylation sites (tertiary alicyclic amines) is 1. The highest BCUT2D eigenvalue weighted by Gasteiger charge is 2.31. The summed E-state index contributed by atoms with van der Waals surface area (Å²) in [5.74, 6) is 1.74. The number of methoxy groups -OCH3 is 1. The second-order valence-corrected chi connectivity index (χ2v) is 6.39. The Hall–Kier alpha value is -2.96. The molecule has 0 unspecified atom stereocenters. The molecule has 0 aromatic carbocycles. The van der Waals surface area contributed by atoms with Crippen molar-refractivity contribution in [2.45, 2.75) is 25.8 Å². The summed E-state index contributed by atoms with van der Waals surface area (Å²) in [6.45, 7) is 4.29. The van der Waals surface area contributed by atoms with Gasteiger partial charge in [-0.05, 0) is 31.5 Å². The lowest BCUT2D eigenvalue weighted by Crippen LogP contribution is -2.28. The van der Waals surface area contributed by atoms with Gasteiger partial charge in [-0.2, -0.15) is 0 Å². The number of amides is 1. The summed E-state index contributed by atoms with van der Waals surface area (Å²) in [5, 5.41) is 0. The highest BCUT2D eigenvalue weighted by atomic mass is 16.5. The van der Waals surface area contributed by atoms with Gasteiger partial charge in [0.05, 0.1) is 12.7 Å². The van der Waals surface area contributed by atoms with Crippen molar-refractivity contribution in [2.75, 3.05) is 20.2 Å². The van der Waals surface area contributed by atoms with Gasteiger partial charge in [0.25, 0.3) is 5.91 Å². The van der Waals surface area contributed by atoms with E-state index in [1.54, 1.807) is 31.6 Å². The molecule has 4 heterocycles. The van der Waals surface area contributed by atoms with Crippen molar-refractivity contribution < 1.29 is 9.53 Å². The van der Waals surface area contributed by atoms with Crippen molar-refractivity contribution >= 4 is 17.1 Å². The molecule has 1 aliphatic heterocycles. The number of carbonyl (C=O) groups excluding carboxylic acids is 1. The quantitative estimate of drug-likeness (QED) is 0.722. The zero-order valence-electron chi connectivity index (χ0n) is 14.9.